The van der Waals surface area contributed by atoms with Gasteiger partial charge in [-0.1, -0.05) is 145 Å². The molecule has 0 radical (unpaired) electrons. The third-order valence-electron chi connectivity index (χ3n) is 9.02. The molecule has 0 N–H and O–H groups in total. The Morgan fingerprint density at radius 3 is 1.70 bits per heavy atom. The van der Waals surface area contributed by atoms with E-state index in [4.69, 9.17) is 20.4 Å². The van der Waals surface area contributed by atoms with Gasteiger partial charge in [-0.15, -0.1) is 11.3 Å². The van der Waals surface area contributed by atoms with E-state index >= 15 is 0 Å². The normalized spacial score (nSPS) is 13.3. The van der Waals surface area contributed by atoms with Crippen LogP contribution in [-0.4, -0.2) is 19.5 Å². The first-order chi connectivity index (χ1) is 27.3. The average molecular weight is 663 g/mol. The summed E-state index contributed by atoms with van der Waals surface area (Å²) in [6.07, 6.45) is 0. The molecule has 0 fully saturated rings. The van der Waals surface area contributed by atoms with Gasteiger partial charge >= 0.3 is 0 Å². The number of hydrogen-bond acceptors (Lipinski definition) is 4. The highest BCUT2D eigenvalue weighted by Gasteiger charge is 2.20. The molecule has 0 saturated carbocycles. The molecular formula is C45H28N4S. The number of fused-ring (bicyclic) bond motifs is 6. The molecule has 3 heterocycles. The minimum atomic E-state index is -0.168. The maximum Gasteiger partial charge on any atom is 0.164 e. The van der Waals surface area contributed by atoms with Crippen LogP contribution in [0.2, 0.25) is 0 Å². The maximum absolute atomic E-state index is 9.24. The highest BCUT2D eigenvalue weighted by molar-refractivity contribution is 7.26. The molecule has 0 saturated heterocycles. The molecule has 0 unspecified atom stereocenters. The largest absolute Gasteiger partial charge is 0.309 e. The molecule has 10 rings (SSSR count). The second-order valence-corrected chi connectivity index (χ2v) is 13.0. The molecule has 0 amide bonds. The predicted molar refractivity (Wildman–Crippen MR) is 209 cm³/mol. The van der Waals surface area contributed by atoms with Crippen molar-refractivity contribution in [2.45, 2.75) is 0 Å². The quantitative estimate of drug-likeness (QED) is 0.184. The lowest BCUT2D eigenvalue weighted by atomic mass is 9.98. The van der Waals surface area contributed by atoms with Gasteiger partial charge in [0, 0.05) is 58.8 Å². The topological polar surface area (TPSA) is 43.6 Å². The molecule has 0 spiro atoms. The van der Waals surface area contributed by atoms with Crippen molar-refractivity contribution in [3.63, 3.8) is 0 Å². The van der Waals surface area contributed by atoms with E-state index < -0.39 is 0 Å². The van der Waals surface area contributed by atoms with Crippen molar-refractivity contribution in [1.82, 2.24) is 19.5 Å². The summed E-state index contributed by atoms with van der Waals surface area (Å²) in [5, 5.41) is 2.63. The molecule has 0 aliphatic heterocycles. The Morgan fingerprint density at radius 2 is 1.04 bits per heavy atom. The molecule has 4 nitrogen and oxygen atoms in total. The van der Waals surface area contributed by atoms with Crippen LogP contribution in [0.1, 0.15) is 8.22 Å². The Hall–Kier alpha value is -6.43. The molecule has 0 atom stereocenters. The van der Waals surface area contributed by atoms with Crippen LogP contribution in [0.3, 0.4) is 0 Å². The summed E-state index contributed by atoms with van der Waals surface area (Å²) in [5.41, 5.74) is 5.13. The Balaban J connectivity index is 1.34. The van der Waals surface area contributed by atoms with Crippen LogP contribution < -0.4 is 0 Å². The fourth-order valence-corrected chi connectivity index (χ4v) is 7.97. The second-order valence-electron chi connectivity index (χ2n) is 11.9. The lowest BCUT2D eigenvalue weighted by molar-refractivity contribution is 1.07. The van der Waals surface area contributed by atoms with E-state index in [0.29, 0.717) is 28.7 Å². The van der Waals surface area contributed by atoms with Crippen molar-refractivity contribution in [2.24, 2.45) is 0 Å². The maximum atomic E-state index is 9.24. The van der Waals surface area contributed by atoms with Crippen LogP contribution in [0.25, 0.3) is 93.0 Å². The van der Waals surface area contributed by atoms with Gasteiger partial charge in [0.15, 0.2) is 17.5 Å². The first-order valence-corrected chi connectivity index (χ1v) is 17.0. The van der Waals surface area contributed by atoms with Crippen LogP contribution in [0.4, 0.5) is 0 Å². The Morgan fingerprint density at radius 1 is 0.460 bits per heavy atom. The third kappa shape index (κ3) is 4.63. The zero-order valence-electron chi connectivity index (χ0n) is 32.4. The molecule has 7 aromatic carbocycles. The van der Waals surface area contributed by atoms with Crippen molar-refractivity contribution >= 4 is 53.3 Å². The highest BCUT2D eigenvalue weighted by atomic mass is 32.1. The van der Waals surface area contributed by atoms with Gasteiger partial charge < -0.3 is 4.57 Å². The summed E-state index contributed by atoms with van der Waals surface area (Å²) < 4.78 is 57.7. The number of hydrogen-bond donors (Lipinski definition) is 0. The standard InChI is InChI=1S/C45H28N4S/c1-3-14-29(15-4-1)43-46-44(30-16-5-2-6-17-30)48-45(47-43)31-26-27-34(36-21-13-22-37-35-20-9-12-25-41(35)50-42(36)37)40(28-31)49-38-23-10-7-18-32(38)33-19-8-11-24-39(33)49/h1-28H/i7D,8D,18D,19D,23D,24D. The minimum absolute atomic E-state index is 0.0307. The highest BCUT2D eigenvalue weighted by Crippen LogP contribution is 2.44. The van der Waals surface area contributed by atoms with Crippen molar-refractivity contribution in [2.75, 3.05) is 0 Å². The van der Waals surface area contributed by atoms with Crippen LogP contribution >= 0.6 is 11.3 Å². The lowest BCUT2D eigenvalue weighted by Gasteiger charge is -2.17. The van der Waals surface area contributed by atoms with E-state index in [1.807, 2.05) is 97.1 Å². The monoisotopic (exact) mass is 662 g/mol. The molecule has 5 heteroatoms. The summed E-state index contributed by atoms with van der Waals surface area (Å²) in [5.74, 6) is 1.41. The molecule has 0 bridgehead atoms. The number of nitrogens with zero attached hydrogens (tertiary/aromatic N) is 4. The molecule has 10 aromatic rings. The number of aromatic nitrogens is 4. The van der Waals surface area contributed by atoms with Crippen LogP contribution in [0.5, 0.6) is 0 Å². The molecule has 234 valence electrons. The first kappa shape index (κ1) is 23.0. The van der Waals surface area contributed by atoms with E-state index in [1.165, 1.54) is 12.1 Å². The molecule has 3 aromatic heterocycles. The number of para-hydroxylation sites is 2. The van der Waals surface area contributed by atoms with Crippen molar-refractivity contribution < 1.29 is 8.22 Å². The van der Waals surface area contributed by atoms with Gasteiger partial charge in [-0.25, -0.2) is 15.0 Å². The van der Waals surface area contributed by atoms with Crippen molar-refractivity contribution in [1.29, 1.82) is 0 Å². The van der Waals surface area contributed by atoms with Crippen LogP contribution in [0.15, 0.2) is 170 Å². The van der Waals surface area contributed by atoms with E-state index in [-0.39, 0.29) is 58.1 Å². The van der Waals surface area contributed by atoms with Crippen molar-refractivity contribution in [3.05, 3.63) is 170 Å². The van der Waals surface area contributed by atoms with E-state index in [2.05, 4.69) is 24.3 Å². The van der Waals surface area contributed by atoms with Crippen LogP contribution in [-0.2, 0) is 0 Å². The summed E-state index contributed by atoms with van der Waals surface area (Å²) >= 11 is 1.69. The summed E-state index contributed by atoms with van der Waals surface area (Å²) in [4.78, 5) is 14.9. The SMILES string of the molecule is [2H]c1cc([2H])c2c(c1[2H])c1c([2H])c([2H])cc([2H])c1n2-c1cc(-c2nc(-c3ccccc3)nc(-c3ccccc3)n2)ccc1-c1cccc2c1sc1ccccc12. The van der Waals surface area contributed by atoms with E-state index in [9.17, 15) is 2.74 Å². The lowest BCUT2D eigenvalue weighted by Crippen LogP contribution is -2.02. The summed E-state index contributed by atoms with van der Waals surface area (Å²) in [7, 11) is 0. The fraction of sp³-hybridized carbons (Fsp3) is 0. The molecule has 50 heavy (non-hydrogen) atoms. The van der Waals surface area contributed by atoms with Gasteiger partial charge in [0.05, 0.1) is 24.9 Å². The number of benzene rings is 7. The van der Waals surface area contributed by atoms with Crippen LogP contribution in [0, 0.1) is 0 Å². The Kier molecular flexibility index (Phi) is 5.35. The van der Waals surface area contributed by atoms with Crippen molar-refractivity contribution in [3.8, 4) is 51.0 Å². The Bertz CT molecular complexity index is 3090. The van der Waals surface area contributed by atoms with Gasteiger partial charge in [0.25, 0.3) is 0 Å². The van der Waals surface area contributed by atoms with E-state index in [0.717, 1.165) is 42.4 Å². The average Bonchev–Trinajstić information content (AvgIpc) is 3.80. The minimum Gasteiger partial charge on any atom is -0.309 e. The van der Waals surface area contributed by atoms with Gasteiger partial charge in [0.1, 0.15) is 0 Å². The first-order valence-electron chi connectivity index (χ1n) is 19.2. The summed E-state index contributed by atoms with van der Waals surface area (Å²) in [6.45, 7) is 0. The molecule has 0 aliphatic rings. The zero-order valence-corrected chi connectivity index (χ0v) is 27.2. The smallest absolute Gasteiger partial charge is 0.164 e. The zero-order chi connectivity index (χ0) is 38.2. The second kappa shape index (κ2) is 11.6. The molecule has 0 aliphatic carbocycles. The Labute approximate surface area is 301 Å². The van der Waals surface area contributed by atoms with Gasteiger partial charge in [0.2, 0.25) is 0 Å². The third-order valence-corrected chi connectivity index (χ3v) is 10.2. The fourth-order valence-electron chi connectivity index (χ4n) is 6.74. The summed E-state index contributed by atoms with van der Waals surface area (Å²) in [6, 6.07) is 41.8. The molecular weight excluding hydrogens is 629 g/mol. The van der Waals surface area contributed by atoms with Gasteiger partial charge in [-0.2, -0.15) is 0 Å². The van der Waals surface area contributed by atoms with Gasteiger partial charge in [-0.3, -0.25) is 0 Å². The number of rotatable bonds is 5. The number of thiophene rings is 1. The van der Waals surface area contributed by atoms with Gasteiger partial charge in [-0.05, 0) is 24.2 Å². The van der Waals surface area contributed by atoms with E-state index in [1.54, 1.807) is 15.9 Å². The predicted octanol–water partition coefficient (Wildman–Crippen LogP) is 12.0.